The number of benzene rings is 1. The molecular formula is C22H25N5O2S. The van der Waals surface area contributed by atoms with E-state index >= 15 is 0 Å². The van der Waals surface area contributed by atoms with Crippen molar-refractivity contribution in [2.75, 3.05) is 24.2 Å². The van der Waals surface area contributed by atoms with Crippen molar-refractivity contribution in [1.29, 1.82) is 0 Å². The monoisotopic (exact) mass is 423 g/mol. The van der Waals surface area contributed by atoms with Crippen molar-refractivity contribution in [1.82, 2.24) is 15.3 Å². The number of nitrogens with zero attached hydrogens (tertiary/aromatic N) is 2. The Balaban J connectivity index is 1.68. The summed E-state index contributed by atoms with van der Waals surface area (Å²) < 4.78 is 5.75. The lowest BCUT2D eigenvalue weighted by Gasteiger charge is -2.16. The molecule has 2 aromatic heterocycles. The van der Waals surface area contributed by atoms with Gasteiger partial charge in [-0.3, -0.25) is 9.78 Å². The van der Waals surface area contributed by atoms with Gasteiger partial charge < -0.3 is 21.1 Å². The van der Waals surface area contributed by atoms with Crippen LogP contribution in [0.25, 0.3) is 11.3 Å². The van der Waals surface area contributed by atoms with Gasteiger partial charge in [-0.05, 0) is 23.8 Å². The first-order valence-electron chi connectivity index (χ1n) is 9.61. The van der Waals surface area contributed by atoms with Crippen LogP contribution >= 0.6 is 12.6 Å². The number of carbonyl (C=O) groups excluding carboxylic acids is 1. The highest BCUT2D eigenvalue weighted by Gasteiger charge is 2.12. The Morgan fingerprint density at radius 3 is 2.70 bits per heavy atom. The predicted octanol–water partition coefficient (Wildman–Crippen LogP) is 2.51. The van der Waals surface area contributed by atoms with Crippen LogP contribution < -0.4 is 21.1 Å². The molecule has 156 valence electrons. The Morgan fingerprint density at radius 1 is 1.13 bits per heavy atom. The average molecular weight is 424 g/mol. The van der Waals surface area contributed by atoms with Gasteiger partial charge in [0.05, 0.1) is 11.4 Å². The van der Waals surface area contributed by atoms with E-state index in [-0.39, 0.29) is 18.6 Å². The Labute approximate surface area is 181 Å². The number of rotatable bonds is 10. The van der Waals surface area contributed by atoms with E-state index in [0.717, 1.165) is 16.8 Å². The molecule has 7 nitrogen and oxygen atoms in total. The predicted molar refractivity (Wildman–Crippen MR) is 122 cm³/mol. The number of ether oxygens (including phenoxy) is 1. The van der Waals surface area contributed by atoms with Crippen LogP contribution in [0.15, 0.2) is 67.0 Å². The van der Waals surface area contributed by atoms with Crippen LogP contribution in [-0.4, -0.2) is 40.8 Å². The molecule has 1 unspecified atom stereocenters. The zero-order valence-electron chi connectivity index (χ0n) is 16.5. The van der Waals surface area contributed by atoms with Crippen molar-refractivity contribution < 1.29 is 9.53 Å². The molecule has 1 amide bonds. The molecule has 2 heterocycles. The van der Waals surface area contributed by atoms with E-state index < -0.39 is 0 Å². The first-order chi connectivity index (χ1) is 14.7. The highest BCUT2D eigenvalue weighted by Crippen LogP contribution is 2.27. The molecule has 0 aliphatic rings. The second-order valence-electron chi connectivity index (χ2n) is 6.67. The van der Waals surface area contributed by atoms with Crippen molar-refractivity contribution in [3.8, 4) is 17.1 Å². The van der Waals surface area contributed by atoms with E-state index in [4.69, 9.17) is 10.5 Å². The van der Waals surface area contributed by atoms with Crippen molar-refractivity contribution in [3.63, 3.8) is 0 Å². The fourth-order valence-corrected chi connectivity index (χ4v) is 2.78. The number of anilines is 1. The summed E-state index contributed by atoms with van der Waals surface area (Å²) in [7, 11) is 0. The van der Waals surface area contributed by atoms with Gasteiger partial charge in [0.2, 0.25) is 5.88 Å². The number of nitrogens with one attached hydrogen (secondary N) is 2. The SMILES string of the molecule is NC(CS)CNc1ccc(-c2ccccc2)nc1OCC(=O)NCc1cccnc1. The molecule has 3 rings (SSSR count). The lowest BCUT2D eigenvalue weighted by molar-refractivity contribution is -0.123. The van der Waals surface area contributed by atoms with Crippen molar-refractivity contribution in [3.05, 3.63) is 72.6 Å². The van der Waals surface area contributed by atoms with E-state index in [9.17, 15) is 4.79 Å². The Morgan fingerprint density at radius 2 is 1.97 bits per heavy atom. The first kappa shape index (κ1) is 21.6. The molecule has 30 heavy (non-hydrogen) atoms. The van der Waals surface area contributed by atoms with E-state index in [2.05, 4.69) is 33.2 Å². The second-order valence-corrected chi connectivity index (χ2v) is 7.03. The molecule has 4 N–H and O–H groups in total. The lowest BCUT2D eigenvalue weighted by Crippen LogP contribution is -2.31. The van der Waals surface area contributed by atoms with E-state index in [1.165, 1.54) is 0 Å². The summed E-state index contributed by atoms with van der Waals surface area (Å²) in [6, 6.07) is 17.2. The number of carbonyl (C=O) groups is 1. The van der Waals surface area contributed by atoms with Crippen molar-refractivity contribution >= 4 is 24.2 Å². The van der Waals surface area contributed by atoms with Gasteiger partial charge in [-0.25, -0.2) is 4.98 Å². The average Bonchev–Trinajstić information content (AvgIpc) is 2.81. The molecule has 0 bridgehead atoms. The van der Waals surface area contributed by atoms with E-state index in [1.54, 1.807) is 12.4 Å². The zero-order chi connectivity index (χ0) is 21.2. The van der Waals surface area contributed by atoms with E-state index in [1.807, 2.05) is 54.6 Å². The fourth-order valence-electron chi connectivity index (χ4n) is 2.65. The Hall–Kier alpha value is -3.10. The molecule has 0 fully saturated rings. The largest absolute Gasteiger partial charge is 0.466 e. The zero-order valence-corrected chi connectivity index (χ0v) is 17.4. The number of amides is 1. The van der Waals surface area contributed by atoms with Crippen LogP contribution in [0.5, 0.6) is 5.88 Å². The number of pyridine rings is 2. The van der Waals surface area contributed by atoms with Gasteiger partial charge in [-0.15, -0.1) is 0 Å². The molecule has 0 aliphatic heterocycles. The summed E-state index contributed by atoms with van der Waals surface area (Å²) >= 11 is 4.20. The third kappa shape index (κ3) is 6.47. The molecule has 3 aromatic rings. The summed E-state index contributed by atoms with van der Waals surface area (Å²) in [5.41, 5.74) is 9.24. The first-order valence-corrected chi connectivity index (χ1v) is 10.2. The van der Waals surface area contributed by atoms with Crippen molar-refractivity contribution in [2.45, 2.75) is 12.6 Å². The number of hydrogen-bond acceptors (Lipinski definition) is 7. The van der Waals surface area contributed by atoms with Crippen LogP contribution in [0, 0.1) is 0 Å². The minimum absolute atomic E-state index is 0.113. The van der Waals surface area contributed by atoms with Gasteiger partial charge >= 0.3 is 0 Å². The summed E-state index contributed by atoms with van der Waals surface area (Å²) in [6.07, 6.45) is 3.40. The Bertz CT molecular complexity index is 941. The molecule has 0 radical (unpaired) electrons. The normalized spacial score (nSPS) is 11.5. The van der Waals surface area contributed by atoms with Gasteiger partial charge in [-0.1, -0.05) is 36.4 Å². The molecule has 0 spiro atoms. The maximum Gasteiger partial charge on any atom is 0.258 e. The number of nitrogens with two attached hydrogens (primary N) is 1. The maximum absolute atomic E-state index is 12.2. The van der Waals surface area contributed by atoms with Crippen LogP contribution in [-0.2, 0) is 11.3 Å². The van der Waals surface area contributed by atoms with Crippen LogP contribution in [0.1, 0.15) is 5.56 Å². The minimum Gasteiger partial charge on any atom is -0.466 e. The summed E-state index contributed by atoms with van der Waals surface area (Å²) in [5.74, 6) is 0.651. The minimum atomic E-state index is -0.247. The number of aromatic nitrogens is 2. The highest BCUT2D eigenvalue weighted by atomic mass is 32.1. The Kier molecular flexibility index (Phi) is 8.05. The van der Waals surface area contributed by atoms with Gasteiger partial charge in [0, 0.05) is 42.8 Å². The smallest absolute Gasteiger partial charge is 0.258 e. The molecule has 0 saturated heterocycles. The quantitative estimate of drug-likeness (QED) is 0.374. The third-order valence-corrected chi connectivity index (χ3v) is 4.74. The number of hydrogen-bond donors (Lipinski definition) is 4. The van der Waals surface area contributed by atoms with Gasteiger partial charge in [0.1, 0.15) is 0 Å². The molecule has 0 saturated carbocycles. The van der Waals surface area contributed by atoms with Crippen LogP contribution in [0.3, 0.4) is 0 Å². The standard InChI is InChI=1S/C22H25N5O2S/c23-18(15-30)13-25-20-9-8-19(17-6-2-1-3-7-17)27-22(20)29-14-21(28)26-12-16-5-4-10-24-11-16/h1-11,18,25,30H,12-15,23H2,(H,26,28). The lowest BCUT2D eigenvalue weighted by atomic mass is 10.1. The van der Waals surface area contributed by atoms with Gasteiger partial charge in [0.15, 0.2) is 6.61 Å². The fraction of sp³-hybridized carbons (Fsp3) is 0.227. The molecule has 0 aliphatic carbocycles. The second kappa shape index (κ2) is 11.2. The number of thiol groups is 1. The van der Waals surface area contributed by atoms with Crippen molar-refractivity contribution in [2.24, 2.45) is 5.73 Å². The third-order valence-electron chi connectivity index (χ3n) is 4.27. The van der Waals surface area contributed by atoms with Gasteiger partial charge in [-0.2, -0.15) is 12.6 Å². The van der Waals surface area contributed by atoms with Crippen LogP contribution in [0.2, 0.25) is 0 Å². The molecule has 8 heteroatoms. The van der Waals surface area contributed by atoms with Crippen LogP contribution in [0.4, 0.5) is 5.69 Å². The topological polar surface area (TPSA) is 102 Å². The van der Waals surface area contributed by atoms with Gasteiger partial charge in [0.25, 0.3) is 5.91 Å². The molecule has 1 atom stereocenters. The van der Waals surface area contributed by atoms with E-state index in [0.29, 0.717) is 30.4 Å². The molecule has 1 aromatic carbocycles. The highest BCUT2D eigenvalue weighted by molar-refractivity contribution is 7.80. The maximum atomic E-state index is 12.2. The molecular weight excluding hydrogens is 398 g/mol. The summed E-state index contributed by atoms with van der Waals surface area (Å²) in [5, 5.41) is 6.03. The summed E-state index contributed by atoms with van der Waals surface area (Å²) in [4.78, 5) is 20.9. The summed E-state index contributed by atoms with van der Waals surface area (Å²) in [6.45, 7) is 0.744.